The number of amides is 1. The highest BCUT2D eigenvalue weighted by molar-refractivity contribution is 5.80. The van der Waals surface area contributed by atoms with E-state index in [9.17, 15) is 4.79 Å². The molecule has 3 heterocycles. The fourth-order valence-electron chi connectivity index (χ4n) is 4.90. The fourth-order valence-corrected chi connectivity index (χ4v) is 4.90. The first-order valence-electron chi connectivity index (χ1n) is 12.3. The lowest BCUT2D eigenvalue weighted by molar-refractivity contribution is -0.142. The van der Waals surface area contributed by atoms with Crippen LogP contribution in [0.5, 0.6) is 11.5 Å². The van der Waals surface area contributed by atoms with Crippen LogP contribution in [0.2, 0.25) is 0 Å². The van der Waals surface area contributed by atoms with E-state index in [0.717, 1.165) is 51.1 Å². The summed E-state index contributed by atoms with van der Waals surface area (Å²) in [4.78, 5) is 22.0. The predicted octanol–water partition coefficient (Wildman–Crippen LogP) is 3.98. The minimum absolute atomic E-state index is 0.111. The molecule has 2 aliphatic heterocycles. The van der Waals surface area contributed by atoms with Gasteiger partial charge in [-0.3, -0.25) is 9.69 Å². The van der Waals surface area contributed by atoms with Gasteiger partial charge in [-0.2, -0.15) is 4.98 Å². The number of aromatic nitrogens is 2. The number of likely N-dealkylation sites (tertiary alicyclic amines) is 2. The number of nitrogens with zero attached hydrogens (tertiary/aromatic N) is 4. The molecule has 2 aromatic carbocycles. The predicted molar refractivity (Wildman–Crippen MR) is 131 cm³/mol. The van der Waals surface area contributed by atoms with E-state index in [4.69, 9.17) is 14.0 Å². The summed E-state index contributed by atoms with van der Waals surface area (Å²) in [6.07, 6.45) is 1.67. The van der Waals surface area contributed by atoms with Gasteiger partial charge >= 0.3 is 0 Å². The van der Waals surface area contributed by atoms with Gasteiger partial charge in [-0.05, 0) is 43.5 Å². The summed E-state index contributed by atoms with van der Waals surface area (Å²) in [5.74, 6) is 3.06. The minimum atomic E-state index is 0.111. The van der Waals surface area contributed by atoms with Crippen molar-refractivity contribution in [2.24, 2.45) is 5.92 Å². The van der Waals surface area contributed by atoms with Crippen LogP contribution in [0.1, 0.15) is 37.1 Å². The van der Waals surface area contributed by atoms with Crippen LogP contribution in [0.4, 0.5) is 0 Å². The standard InChI is InChI=1S/C27H32N4O4/c1-3-34-23-10-9-21(15-24(23)33-2)25-28-26(35-29-25)20-11-13-31(14-12-20)27(32)22-17-30(18-22)16-19-7-5-4-6-8-19/h4-10,15,20,22H,3,11-14,16-18H2,1-2H3. The van der Waals surface area contributed by atoms with Gasteiger partial charge in [0.1, 0.15) is 0 Å². The van der Waals surface area contributed by atoms with E-state index in [1.807, 2.05) is 36.1 Å². The molecule has 8 nitrogen and oxygen atoms in total. The number of piperidine rings is 1. The van der Waals surface area contributed by atoms with E-state index >= 15 is 0 Å². The number of benzene rings is 2. The molecule has 1 aromatic heterocycles. The molecular formula is C27H32N4O4. The van der Waals surface area contributed by atoms with E-state index in [1.54, 1.807) is 7.11 Å². The summed E-state index contributed by atoms with van der Waals surface area (Å²) in [5.41, 5.74) is 2.11. The Labute approximate surface area is 205 Å². The molecule has 0 atom stereocenters. The zero-order chi connectivity index (χ0) is 24.2. The molecule has 8 heteroatoms. The van der Waals surface area contributed by atoms with Gasteiger partial charge in [0.05, 0.1) is 19.6 Å². The van der Waals surface area contributed by atoms with Crippen LogP contribution in [0, 0.1) is 5.92 Å². The Morgan fingerprint density at radius 1 is 1.09 bits per heavy atom. The molecular weight excluding hydrogens is 444 g/mol. The van der Waals surface area contributed by atoms with Crippen LogP contribution in [0.25, 0.3) is 11.4 Å². The first kappa shape index (κ1) is 23.4. The van der Waals surface area contributed by atoms with Crippen LogP contribution >= 0.6 is 0 Å². The third-order valence-electron chi connectivity index (χ3n) is 6.87. The number of methoxy groups -OCH3 is 1. The molecule has 0 aliphatic carbocycles. The van der Waals surface area contributed by atoms with Crippen molar-refractivity contribution in [2.45, 2.75) is 32.2 Å². The minimum Gasteiger partial charge on any atom is -0.493 e. The summed E-state index contributed by atoms with van der Waals surface area (Å²) < 4.78 is 16.6. The van der Waals surface area contributed by atoms with E-state index in [2.05, 4.69) is 39.3 Å². The van der Waals surface area contributed by atoms with Gasteiger partial charge in [-0.1, -0.05) is 35.5 Å². The van der Waals surface area contributed by atoms with E-state index in [0.29, 0.717) is 29.8 Å². The van der Waals surface area contributed by atoms with Crippen molar-refractivity contribution in [1.82, 2.24) is 19.9 Å². The van der Waals surface area contributed by atoms with Crippen molar-refractivity contribution in [2.75, 3.05) is 39.9 Å². The molecule has 0 radical (unpaired) electrons. The van der Waals surface area contributed by atoms with Crippen LogP contribution in [-0.4, -0.2) is 65.7 Å². The van der Waals surface area contributed by atoms with Gasteiger partial charge < -0.3 is 18.9 Å². The molecule has 0 bridgehead atoms. The number of rotatable bonds is 8. The van der Waals surface area contributed by atoms with Crippen molar-refractivity contribution in [1.29, 1.82) is 0 Å². The van der Waals surface area contributed by atoms with Gasteiger partial charge in [0.15, 0.2) is 11.5 Å². The Bertz CT molecular complexity index is 1140. The third kappa shape index (κ3) is 5.17. The Hall–Kier alpha value is -3.39. The second-order valence-electron chi connectivity index (χ2n) is 9.23. The molecule has 35 heavy (non-hydrogen) atoms. The van der Waals surface area contributed by atoms with Gasteiger partial charge in [0.25, 0.3) is 0 Å². The topological polar surface area (TPSA) is 80.9 Å². The highest BCUT2D eigenvalue weighted by atomic mass is 16.5. The molecule has 0 N–H and O–H groups in total. The molecule has 0 unspecified atom stereocenters. The Balaban J connectivity index is 1.13. The first-order valence-corrected chi connectivity index (χ1v) is 12.3. The van der Waals surface area contributed by atoms with Crippen molar-refractivity contribution < 1.29 is 18.8 Å². The lowest BCUT2D eigenvalue weighted by Crippen LogP contribution is -2.55. The molecule has 0 saturated carbocycles. The Morgan fingerprint density at radius 2 is 1.86 bits per heavy atom. The maximum Gasteiger partial charge on any atom is 0.230 e. The summed E-state index contributed by atoms with van der Waals surface area (Å²) in [6.45, 7) is 6.55. The van der Waals surface area contributed by atoms with Crippen molar-refractivity contribution in [3.63, 3.8) is 0 Å². The lowest BCUT2D eigenvalue weighted by Gasteiger charge is -2.42. The van der Waals surface area contributed by atoms with Crippen LogP contribution in [-0.2, 0) is 11.3 Å². The third-order valence-corrected chi connectivity index (χ3v) is 6.87. The molecule has 0 spiro atoms. The van der Waals surface area contributed by atoms with E-state index in [1.165, 1.54) is 5.56 Å². The van der Waals surface area contributed by atoms with E-state index in [-0.39, 0.29) is 17.7 Å². The smallest absolute Gasteiger partial charge is 0.230 e. The van der Waals surface area contributed by atoms with Crippen molar-refractivity contribution in [3.05, 3.63) is 60.0 Å². The average Bonchev–Trinajstić information content (AvgIpc) is 3.37. The number of carbonyl (C=O) groups excluding carboxylic acids is 1. The molecule has 5 rings (SSSR count). The number of hydrogen-bond donors (Lipinski definition) is 0. The maximum absolute atomic E-state index is 13.0. The highest BCUT2D eigenvalue weighted by Gasteiger charge is 2.37. The molecule has 2 aliphatic rings. The molecule has 1 amide bonds. The van der Waals surface area contributed by atoms with Crippen LogP contribution < -0.4 is 9.47 Å². The zero-order valence-electron chi connectivity index (χ0n) is 20.4. The van der Waals surface area contributed by atoms with Crippen LogP contribution in [0.3, 0.4) is 0 Å². The normalized spacial score (nSPS) is 17.3. The first-order chi connectivity index (χ1) is 17.1. The number of hydrogen-bond acceptors (Lipinski definition) is 7. The number of carbonyl (C=O) groups is 1. The Kier molecular flexibility index (Phi) is 6.99. The molecule has 2 saturated heterocycles. The van der Waals surface area contributed by atoms with Gasteiger partial charge in [0, 0.05) is 44.2 Å². The SMILES string of the molecule is CCOc1ccc(-c2noc(C3CCN(C(=O)C4CN(Cc5ccccc5)C4)CC3)n2)cc1OC. The Morgan fingerprint density at radius 3 is 2.57 bits per heavy atom. The van der Waals surface area contributed by atoms with Crippen LogP contribution in [0.15, 0.2) is 53.1 Å². The summed E-state index contributed by atoms with van der Waals surface area (Å²) in [5, 5.41) is 4.19. The largest absolute Gasteiger partial charge is 0.493 e. The second-order valence-corrected chi connectivity index (χ2v) is 9.23. The average molecular weight is 477 g/mol. The quantitative estimate of drug-likeness (QED) is 0.486. The van der Waals surface area contributed by atoms with E-state index < -0.39 is 0 Å². The van der Waals surface area contributed by atoms with Crippen molar-refractivity contribution in [3.8, 4) is 22.9 Å². The molecule has 3 aromatic rings. The monoisotopic (exact) mass is 476 g/mol. The summed E-state index contributed by atoms with van der Waals surface area (Å²) in [7, 11) is 1.61. The van der Waals surface area contributed by atoms with Gasteiger partial charge in [0.2, 0.25) is 17.6 Å². The highest BCUT2D eigenvalue weighted by Crippen LogP contribution is 2.34. The number of ether oxygens (including phenoxy) is 2. The fraction of sp³-hybridized carbons (Fsp3) is 0.444. The summed E-state index contributed by atoms with van der Waals surface area (Å²) in [6, 6.07) is 16.0. The summed E-state index contributed by atoms with van der Waals surface area (Å²) >= 11 is 0. The molecule has 2 fully saturated rings. The zero-order valence-corrected chi connectivity index (χ0v) is 20.4. The van der Waals surface area contributed by atoms with Gasteiger partial charge in [-0.25, -0.2) is 0 Å². The maximum atomic E-state index is 13.0. The van der Waals surface area contributed by atoms with Crippen molar-refractivity contribution >= 4 is 5.91 Å². The second kappa shape index (κ2) is 10.5. The lowest BCUT2D eigenvalue weighted by atomic mass is 9.93. The van der Waals surface area contributed by atoms with Gasteiger partial charge in [-0.15, -0.1) is 0 Å². The molecule has 184 valence electrons.